The number of aromatic nitrogens is 2. The second-order valence-electron chi connectivity index (χ2n) is 6.87. The van der Waals surface area contributed by atoms with Crippen molar-refractivity contribution in [1.82, 2.24) is 24.7 Å². The summed E-state index contributed by atoms with van der Waals surface area (Å²) >= 11 is 0. The van der Waals surface area contributed by atoms with Gasteiger partial charge in [0.05, 0.1) is 28.7 Å². The van der Waals surface area contributed by atoms with Gasteiger partial charge in [-0.3, -0.25) is 29.8 Å². The Balaban J connectivity index is 1.57. The molecule has 0 aliphatic rings. The quantitative estimate of drug-likeness (QED) is 0.523. The van der Waals surface area contributed by atoms with Crippen LogP contribution in [0, 0.1) is 6.92 Å². The molecule has 0 unspecified atom stereocenters. The molecule has 0 aliphatic carbocycles. The highest BCUT2D eigenvalue weighted by Gasteiger charge is 2.23. The Hall–Kier alpha value is -3.57. The van der Waals surface area contributed by atoms with Gasteiger partial charge in [0.2, 0.25) is 10.0 Å². The highest BCUT2D eigenvalue weighted by molar-refractivity contribution is 7.89. The summed E-state index contributed by atoms with van der Waals surface area (Å²) in [6.07, 6.45) is 1.24. The average molecular weight is 443 g/mol. The summed E-state index contributed by atoms with van der Waals surface area (Å²) in [5.74, 6) is -1.41. The number of likely N-dealkylation sites (N-methyl/N-ethyl adjacent to an activating group) is 1. The van der Waals surface area contributed by atoms with Crippen molar-refractivity contribution in [3.63, 3.8) is 0 Å². The summed E-state index contributed by atoms with van der Waals surface area (Å²) in [5, 5.41) is 0.366. The molecule has 1 aromatic heterocycles. The fraction of sp³-hybridized carbons (Fsp3) is 0.200. The zero-order valence-corrected chi connectivity index (χ0v) is 17.7. The Morgan fingerprint density at radius 1 is 1.03 bits per heavy atom. The van der Waals surface area contributed by atoms with Crippen molar-refractivity contribution in [3.05, 3.63) is 70.8 Å². The molecule has 3 rings (SSSR count). The highest BCUT2D eigenvalue weighted by atomic mass is 32.2. The summed E-state index contributed by atoms with van der Waals surface area (Å²) in [4.78, 5) is 40.7. The molecule has 11 heteroatoms. The van der Waals surface area contributed by atoms with E-state index in [1.165, 1.54) is 25.5 Å². The molecule has 0 spiro atoms. The van der Waals surface area contributed by atoms with Gasteiger partial charge in [-0.2, -0.15) is 4.31 Å². The standard InChI is InChI=1S/C20H21N5O5S/c1-14-7-9-15(10-8-14)31(29,30)24(2)11-18(26)22-23-19(27)12-25-13-21-17-6-4-3-5-16(17)20(25)28/h3-10,13H,11-12H2,1-2H3,(H,22,26)(H,23,27). The minimum absolute atomic E-state index is 0.0561. The van der Waals surface area contributed by atoms with E-state index in [0.717, 1.165) is 14.4 Å². The molecule has 0 radical (unpaired) electrons. The van der Waals surface area contributed by atoms with Crippen molar-refractivity contribution in [2.75, 3.05) is 13.6 Å². The van der Waals surface area contributed by atoms with Crippen molar-refractivity contribution in [2.45, 2.75) is 18.4 Å². The lowest BCUT2D eigenvalue weighted by Gasteiger charge is -2.17. The van der Waals surface area contributed by atoms with Gasteiger partial charge in [-0.05, 0) is 31.2 Å². The highest BCUT2D eigenvalue weighted by Crippen LogP contribution is 2.14. The number of nitrogens with zero attached hydrogens (tertiary/aromatic N) is 3. The normalized spacial score (nSPS) is 11.5. The maximum atomic E-state index is 12.5. The molecule has 0 bridgehead atoms. The number of carbonyl (C=O) groups excluding carboxylic acids is 2. The number of nitrogens with one attached hydrogen (secondary N) is 2. The van der Waals surface area contributed by atoms with E-state index < -0.39 is 33.9 Å². The molecule has 2 aromatic carbocycles. The number of para-hydroxylation sites is 1. The fourth-order valence-electron chi connectivity index (χ4n) is 2.77. The van der Waals surface area contributed by atoms with E-state index in [4.69, 9.17) is 0 Å². The number of sulfonamides is 1. The lowest BCUT2D eigenvalue weighted by atomic mass is 10.2. The van der Waals surface area contributed by atoms with Crippen LogP contribution in [0.1, 0.15) is 5.56 Å². The molecule has 31 heavy (non-hydrogen) atoms. The van der Waals surface area contributed by atoms with Gasteiger partial charge >= 0.3 is 0 Å². The largest absolute Gasteiger partial charge is 0.289 e. The molecule has 3 aromatic rings. The molecule has 0 saturated heterocycles. The summed E-state index contributed by atoms with van der Waals surface area (Å²) in [6, 6.07) is 12.9. The van der Waals surface area contributed by atoms with Crippen LogP contribution in [-0.2, 0) is 26.2 Å². The molecular formula is C20H21N5O5S. The number of rotatable bonds is 6. The Labute approximate surface area is 178 Å². The minimum atomic E-state index is -3.86. The third-order valence-corrected chi connectivity index (χ3v) is 6.30. The molecule has 0 atom stereocenters. The van der Waals surface area contributed by atoms with Gasteiger partial charge in [-0.25, -0.2) is 13.4 Å². The first kappa shape index (κ1) is 22.1. The second-order valence-corrected chi connectivity index (χ2v) is 8.91. The number of amides is 2. The molecule has 1 heterocycles. The topological polar surface area (TPSA) is 130 Å². The van der Waals surface area contributed by atoms with Gasteiger partial charge in [-0.15, -0.1) is 0 Å². The molecular weight excluding hydrogens is 422 g/mol. The van der Waals surface area contributed by atoms with Crippen LogP contribution in [0.4, 0.5) is 0 Å². The number of aryl methyl sites for hydroxylation is 1. The number of fused-ring (bicyclic) bond motifs is 1. The van der Waals surface area contributed by atoms with Crippen LogP contribution < -0.4 is 16.4 Å². The fourth-order valence-corrected chi connectivity index (χ4v) is 3.90. The van der Waals surface area contributed by atoms with Gasteiger partial charge < -0.3 is 0 Å². The summed E-state index contributed by atoms with van der Waals surface area (Å²) in [7, 11) is -2.60. The van der Waals surface area contributed by atoms with E-state index in [-0.39, 0.29) is 11.4 Å². The first-order valence-corrected chi connectivity index (χ1v) is 10.7. The molecule has 2 amide bonds. The maximum absolute atomic E-state index is 12.5. The Morgan fingerprint density at radius 2 is 1.68 bits per heavy atom. The zero-order valence-electron chi connectivity index (χ0n) is 16.9. The minimum Gasteiger partial charge on any atom is -0.289 e. The number of hydrazine groups is 1. The van der Waals surface area contributed by atoms with E-state index >= 15 is 0 Å². The summed E-state index contributed by atoms with van der Waals surface area (Å²) < 4.78 is 27.0. The Morgan fingerprint density at radius 3 is 2.39 bits per heavy atom. The van der Waals surface area contributed by atoms with Gasteiger partial charge in [0, 0.05) is 7.05 Å². The van der Waals surface area contributed by atoms with Crippen molar-refractivity contribution in [2.24, 2.45) is 0 Å². The summed E-state index contributed by atoms with van der Waals surface area (Å²) in [5.41, 5.74) is 5.33. The van der Waals surface area contributed by atoms with Crippen LogP contribution in [0.15, 0.2) is 64.5 Å². The SMILES string of the molecule is Cc1ccc(S(=O)(=O)N(C)CC(=O)NNC(=O)Cn2cnc3ccccc3c2=O)cc1. The second kappa shape index (κ2) is 9.06. The van der Waals surface area contributed by atoms with Crippen LogP contribution in [0.2, 0.25) is 0 Å². The van der Waals surface area contributed by atoms with Gasteiger partial charge in [0.15, 0.2) is 0 Å². The monoisotopic (exact) mass is 443 g/mol. The van der Waals surface area contributed by atoms with Gasteiger partial charge in [0.25, 0.3) is 17.4 Å². The van der Waals surface area contributed by atoms with E-state index in [2.05, 4.69) is 15.8 Å². The van der Waals surface area contributed by atoms with Crippen molar-refractivity contribution in [3.8, 4) is 0 Å². The van der Waals surface area contributed by atoms with Gasteiger partial charge in [-0.1, -0.05) is 29.8 Å². The van der Waals surface area contributed by atoms with Crippen molar-refractivity contribution < 1.29 is 18.0 Å². The third kappa shape index (κ3) is 5.13. The number of benzene rings is 2. The predicted molar refractivity (Wildman–Crippen MR) is 113 cm³/mol. The average Bonchev–Trinajstić information content (AvgIpc) is 2.74. The predicted octanol–water partition coefficient (Wildman–Crippen LogP) is 0.173. The third-order valence-electron chi connectivity index (χ3n) is 4.48. The molecule has 0 fully saturated rings. The van der Waals surface area contributed by atoms with Crippen LogP contribution in [0.5, 0.6) is 0 Å². The molecule has 2 N–H and O–H groups in total. The first-order valence-electron chi connectivity index (χ1n) is 9.23. The number of hydrogen-bond acceptors (Lipinski definition) is 6. The van der Waals surface area contributed by atoms with Crippen LogP contribution >= 0.6 is 0 Å². The number of carbonyl (C=O) groups is 2. The van der Waals surface area contributed by atoms with Crippen LogP contribution in [-0.4, -0.2) is 47.7 Å². The smallest absolute Gasteiger partial charge is 0.261 e. The first-order chi connectivity index (χ1) is 14.7. The van der Waals surface area contributed by atoms with E-state index in [9.17, 15) is 22.8 Å². The summed E-state index contributed by atoms with van der Waals surface area (Å²) in [6.45, 7) is 0.959. The molecule has 0 saturated carbocycles. The lowest BCUT2D eigenvalue weighted by Crippen LogP contribution is -2.48. The maximum Gasteiger partial charge on any atom is 0.261 e. The zero-order chi connectivity index (χ0) is 22.6. The Bertz CT molecular complexity index is 1290. The molecule has 10 nitrogen and oxygen atoms in total. The molecule has 162 valence electrons. The van der Waals surface area contributed by atoms with Gasteiger partial charge in [0.1, 0.15) is 6.54 Å². The van der Waals surface area contributed by atoms with E-state index in [0.29, 0.717) is 10.9 Å². The van der Waals surface area contributed by atoms with Crippen LogP contribution in [0.3, 0.4) is 0 Å². The van der Waals surface area contributed by atoms with Crippen molar-refractivity contribution >= 4 is 32.7 Å². The van der Waals surface area contributed by atoms with Crippen molar-refractivity contribution in [1.29, 1.82) is 0 Å². The Kier molecular flexibility index (Phi) is 6.47. The van der Waals surface area contributed by atoms with E-state index in [1.54, 1.807) is 36.4 Å². The number of hydrogen-bond donors (Lipinski definition) is 2. The lowest BCUT2D eigenvalue weighted by molar-refractivity contribution is -0.129. The van der Waals surface area contributed by atoms with Crippen LogP contribution in [0.25, 0.3) is 10.9 Å². The van der Waals surface area contributed by atoms with E-state index in [1.807, 2.05) is 6.92 Å². The molecule has 0 aliphatic heterocycles.